The summed E-state index contributed by atoms with van der Waals surface area (Å²) in [6, 6.07) is -0.597. The first-order valence-corrected chi connectivity index (χ1v) is 9.63. The molecule has 0 spiro atoms. The van der Waals surface area contributed by atoms with Crippen LogP contribution < -0.4 is 0 Å². The van der Waals surface area contributed by atoms with Crippen LogP contribution in [0.1, 0.15) is 54.9 Å². The molecule has 27 heavy (non-hydrogen) atoms. The summed E-state index contributed by atoms with van der Waals surface area (Å²) >= 11 is 0. The van der Waals surface area contributed by atoms with Gasteiger partial charge in [-0.15, -0.1) is 6.58 Å². The largest absolute Gasteiger partial charge is 0.444 e. The van der Waals surface area contributed by atoms with Crippen LogP contribution in [0, 0.1) is 0 Å². The molecule has 3 aliphatic rings. The van der Waals surface area contributed by atoms with E-state index in [2.05, 4.69) is 6.58 Å². The lowest BCUT2D eigenvalue weighted by molar-refractivity contribution is -0.180. The van der Waals surface area contributed by atoms with E-state index in [4.69, 9.17) is 23.7 Å². The van der Waals surface area contributed by atoms with Gasteiger partial charge >= 0.3 is 6.09 Å². The highest BCUT2D eigenvalue weighted by Crippen LogP contribution is 2.45. The molecule has 0 aromatic heterocycles. The molecule has 3 fully saturated rings. The highest BCUT2D eigenvalue weighted by Gasteiger charge is 2.62. The average molecular weight is 383 g/mol. The number of hydrogen-bond acceptors (Lipinski definition) is 6. The van der Waals surface area contributed by atoms with Gasteiger partial charge in [-0.2, -0.15) is 0 Å². The third kappa shape index (κ3) is 4.16. The second kappa shape index (κ2) is 6.72. The standard InChI is InChI=1S/C20H33NO6/c1-9-10-12-15-16(26-20(7,8)25-15)14(13-11-23-19(5,6)24-13)21(12)17(22)27-18(2,3)4/h9,12-16H,1,10-11H2,2-8H3/t12-,13+,14+,15-,16+/m1/s1. The van der Waals surface area contributed by atoms with Crippen molar-refractivity contribution in [3.05, 3.63) is 12.7 Å². The zero-order valence-corrected chi connectivity index (χ0v) is 17.5. The Morgan fingerprint density at radius 3 is 2.30 bits per heavy atom. The minimum absolute atomic E-state index is 0.235. The smallest absolute Gasteiger partial charge is 0.411 e. The molecule has 0 bridgehead atoms. The Balaban J connectivity index is 1.95. The van der Waals surface area contributed by atoms with E-state index in [1.165, 1.54) is 0 Å². The summed E-state index contributed by atoms with van der Waals surface area (Å²) in [7, 11) is 0. The predicted molar refractivity (Wildman–Crippen MR) is 99.2 cm³/mol. The highest BCUT2D eigenvalue weighted by molar-refractivity contribution is 5.70. The Hall–Kier alpha value is -1.15. The van der Waals surface area contributed by atoms with Crippen LogP contribution in [0.3, 0.4) is 0 Å². The molecule has 7 heteroatoms. The van der Waals surface area contributed by atoms with Gasteiger partial charge in [0.1, 0.15) is 23.9 Å². The molecule has 3 heterocycles. The third-order valence-corrected chi connectivity index (χ3v) is 4.98. The van der Waals surface area contributed by atoms with Crippen molar-refractivity contribution in [3.63, 3.8) is 0 Å². The average Bonchev–Trinajstić information content (AvgIpc) is 3.07. The van der Waals surface area contributed by atoms with Crippen molar-refractivity contribution >= 4 is 6.09 Å². The highest BCUT2D eigenvalue weighted by atomic mass is 16.8. The van der Waals surface area contributed by atoms with Crippen LogP contribution in [0.5, 0.6) is 0 Å². The van der Waals surface area contributed by atoms with Crippen LogP contribution in [0.2, 0.25) is 0 Å². The zero-order valence-electron chi connectivity index (χ0n) is 17.5. The van der Waals surface area contributed by atoms with Gasteiger partial charge in [0.25, 0.3) is 0 Å². The molecule has 3 saturated heterocycles. The third-order valence-electron chi connectivity index (χ3n) is 4.98. The molecule has 154 valence electrons. The van der Waals surface area contributed by atoms with E-state index < -0.39 is 23.3 Å². The number of fused-ring (bicyclic) bond motifs is 1. The fourth-order valence-corrected chi connectivity index (χ4v) is 4.18. The fraction of sp³-hybridized carbons (Fsp3) is 0.850. The van der Waals surface area contributed by atoms with E-state index in [0.717, 1.165) is 0 Å². The maximum Gasteiger partial charge on any atom is 0.411 e. The molecule has 3 aliphatic heterocycles. The molecule has 0 saturated carbocycles. The Morgan fingerprint density at radius 2 is 1.78 bits per heavy atom. The Bertz CT molecular complexity index is 596. The monoisotopic (exact) mass is 383 g/mol. The SMILES string of the molecule is C=CC[C@@H]1[C@H]2OC(C)(C)O[C@H]2[C@H]([C@@H]2COC(C)(C)O2)N1C(=O)OC(C)(C)C. The van der Waals surface area contributed by atoms with Crippen molar-refractivity contribution in [2.75, 3.05) is 6.61 Å². The van der Waals surface area contributed by atoms with E-state index in [-0.39, 0.29) is 30.4 Å². The number of rotatable bonds is 3. The molecule has 0 N–H and O–H groups in total. The van der Waals surface area contributed by atoms with Gasteiger partial charge in [-0.3, -0.25) is 4.90 Å². The Morgan fingerprint density at radius 1 is 1.15 bits per heavy atom. The Labute approximate surface area is 161 Å². The number of ether oxygens (including phenoxy) is 5. The molecule has 7 nitrogen and oxygen atoms in total. The molecule has 0 aromatic rings. The normalized spacial score (nSPS) is 37.3. The molecule has 1 amide bonds. The first-order valence-electron chi connectivity index (χ1n) is 9.63. The van der Waals surface area contributed by atoms with Crippen LogP contribution >= 0.6 is 0 Å². The summed E-state index contributed by atoms with van der Waals surface area (Å²) in [6.45, 7) is 17.3. The van der Waals surface area contributed by atoms with Crippen LogP contribution in [0.4, 0.5) is 4.79 Å². The molecule has 0 radical (unpaired) electrons. The van der Waals surface area contributed by atoms with Crippen molar-refractivity contribution in [2.24, 2.45) is 0 Å². The second-order valence-electron chi connectivity index (χ2n) is 9.40. The predicted octanol–water partition coefficient (Wildman–Crippen LogP) is 3.22. The minimum atomic E-state index is -0.720. The quantitative estimate of drug-likeness (QED) is 0.697. The van der Waals surface area contributed by atoms with Gasteiger partial charge in [-0.25, -0.2) is 4.79 Å². The van der Waals surface area contributed by atoms with E-state index in [9.17, 15) is 4.79 Å². The molecular formula is C20H33NO6. The lowest BCUT2D eigenvalue weighted by Gasteiger charge is -2.37. The summed E-state index contributed by atoms with van der Waals surface area (Å²) in [5.41, 5.74) is -0.606. The number of likely N-dealkylation sites (tertiary alicyclic amines) is 1. The molecular weight excluding hydrogens is 350 g/mol. The topological polar surface area (TPSA) is 66.5 Å². The van der Waals surface area contributed by atoms with Crippen LogP contribution in [0.25, 0.3) is 0 Å². The van der Waals surface area contributed by atoms with Crippen molar-refractivity contribution in [2.45, 2.75) is 102 Å². The summed E-state index contributed by atoms with van der Waals surface area (Å²) in [5, 5.41) is 0. The first kappa shape index (κ1) is 20.6. The van der Waals surface area contributed by atoms with Gasteiger partial charge in [0.05, 0.1) is 18.7 Å². The maximum absolute atomic E-state index is 13.1. The van der Waals surface area contributed by atoms with Gasteiger partial charge in [-0.05, 0) is 54.9 Å². The van der Waals surface area contributed by atoms with E-state index in [1.54, 1.807) is 11.0 Å². The first-order chi connectivity index (χ1) is 12.3. The van der Waals surface area contributed by atoms with E-state index in [1.807, 2.05) is 48.5 Å². The van der Waals surface area contributed by atoms with Crippen molar-refractivity contribution in [3.8, 4) is 0 Å². The van der Waals surface area contributed by atoms with Gasteiger partial charge in [0, 0.05) is 0 Å². The Kier molecular flexibility index (Phi) is 5.13. The summed E-state index contributed by atoms with van der Waals surface area (Å²) in [5.74, 6) is -1.42. The van der Waals surface area contributed by atoms with Crippen LogP contribution in [-0.4, -0.2) is 65.2 Å². The number of hydrogen-bond donors (Lipinski definition) is 0. The molecule has 5 atom stereocenters. The second-order valence-corrected chi connectivity index (χ2v) is 9.40. The van der Waals surface area contributed by atoms with Crippen LogP contribution in [-0.2, 0) is 23.7 Å². The van der Waals surface area contributed by atoms with Crippen molar-refractivity contribution in [1.29, 1.82) is 0 Å². The van der Waals surface area contributed by atoms with Crippen molar-refractivity contribution in [1.82, 2.24) is 4.90 Å². The summed E-state index contributed by atoms with van der Waals surface area (Å²) in [6.07, 6.45) is 1.06. The summed E-state index contributed by atoms with van der Waals surface area (Å²) < 4.78 is 30.0. The van der Waals surface area contributed by atoms with E-state index in [0.29, 0.717) is 13.0 Å². The maximum atomic E-state index is 13.1. The van der Waals surface area contributed by atoms with Gasteiger partial charge in [0.15, 0.2) is 11.6 Å². The molecule has 0 aromatic carbocycles. The van der Waals surface area contributed by atoms with E-state index >= 15 is 0 Å². The zero-order chi connectivity index (χ0) is 20.2. The number of amides is 1. The fourth-order valence-electron chi connectivity index (χ4n) is 4.18. The van der Waals surface area contributed by atoms with Crippen molar-refractivity contribution < 1.29 is 28.5 Å². The molecule has 0 aliphatic carbocycles. The van der Waals surface area contributed by atoms with Crippen LogP contribution in [0.15, 0.2) is 12.7 Å². The minimum Gasteiger partial charge on any atom is -0.444 e. The lowest BCUT2D eigenvalue weighted by atomic mass is 10.0. The summed E-state index contributed by atoms with van der Waals surface area (Å²) in [4.78, 5) is 14.9. The lowest BCUT2D eigenvalue weighted by Crippen LogP contribution is -2.53. The molecule has 3 rings (SSSR count). The number of carbonyl (C=O) groups excluding carboxylic acids is 1. The van der Waals surface area contributed by atoms with Gasteiger partial charge in [0.2, 0.25) is 0 Å². The molecule has 0 unspecified atom stereocenters. The number of carbonyl (C=O) groups is 1. The van der Waals surface area contributed by atoms with Gasteiger partial charge < -0.3 is 23.7 Å². The number of nitrogens with zero attached hydrogens (tertiary/aromatic N) is 1. The van der Waals surface area contributed by atoms with Gasteiger partial charge in [-0.1, -0.05) is 6.08 Å².